The van der Waals surface area contributed by atoms with Crippen LogP contribution in [0.2, 0.25) is 0 Å². The average Bonchev–Trinajstić information content (AvgIpc) is 3.19. The van der Waals surface area contributed by atoms with Gasteiger partial charge in [0.25, 0.3) is 11.8 Å². The van der Waals surface area contributed by atoms with Crippen LogP contribution in [-0.2, 0) is 13.0 Å². The molecule has 6 heteroatoms. The lowest BCUT2D eigenvalue weighted by Gasteiger charge is -2.19. The van der Waals surface area contributed by atoms with Crippen molar-refractivity contribution in [3.05, 3.63) is 17.2 Å². The van der Waals surface area contributed by atoms with Crippen molar-refractivity contribution in [2.75, 3.05) is 19.6 Å². The summed E-state index contributed by atoms with van der Waals surface area (Å²) in [6.07, 6.45) is 5.04. The average molecular weight is 318 g/mol. The Balaban J connectivity index is 1.88. The lowest BCUT2D eigenvalue weighted by Crippen LogP contribution is -2.30. The molecule has 1 saturated heterocycles. The number of likely N-dealkylation sites (tertiary alicyclic amines) is 1. The molecule has 126 valence electrons. The second-order valence-electron chi connectivity index (χ2n) is 6.94. The molecule has 0 spiro atoms. The summed E-state index contributed by atoms with van der Waals surface area (Å²) < 4.78 is 1.96. The highest BCUT2D eigenvalue weighted by atomic mass is 16.2. The zero-order valence-corrected chi connectivity index (χ0v) is 14.1. The van der Waals surface area contributed by atoms with Gasteiger partial charge in [-0.15, -0.1) is 0 Å². The number of amides is 2. The van der Waals surface area contributed by atoms with E-state index in [9.17, 15) is 9.59 Å². The second kappa shape index (κ2) is 6.72. The highest BCUT2D eigenvalue weighted by molar-refractivity contribution is 5.97. The third kappa shape index (κ3) is 3.26. The van der Waals surface area contributed by atoms with Gasteiger partial charge in [-0.05, 0) is 38.0 Å². The lowest BCUT2D eigenvalue weighted by molar-refractivity contribution is 0.0786. The number of rotatable bonds is 4. The van der Waals surface area contributed by atoms with Crippen LogP contribution in [-0.4, -0.2) is 45.9 Å². The third-order valence-corrected chi connectivity index (χ3v) is 4.59. The molecule has 0 aromatic carbocycles. The van der Waals surface area contributed by atoms with Crippen molar-refractivity contribution in [3.63, 3.8) is 0 Å². The molecule has 3 rings (SSSR count). The molecule has 1 fully saturated rings. The van der Waals surface area contributed by atoms with Crippen molar-refractivity contribution in [3.8, 4) is 0 Å². The Hall–Kier alpha value is -1.85. The molecule has 3 heterocycles. The molecule has 0 unspecified atom stereocenters. The molecule has 0 aliphatic carbocycles. The zero-order chi connectivity index (χ0) is 16.4. The minimum absolute atomic E-state index is 0.00365. The first kappa shape index (κ1) is 16.0. The van der Waals surface area contributed by atoms with E-state index >= 15 is 0 Å². The molecular weight excluding hydrogens is 292 g/mol. The first-order chi connectivity index (χ1) is 11.1. The Bertz CT molecular complexity index is 600. The largest absolute Gasteiger partial charge is 0.349 e. The number of carbonyl (C=O) groups is 2. The minimum atomic E-state index is -0.165. The van der Waals surface area contributed by atoms with Crippen molar-refractivity contribution in [1.82, 2.24) is 19.8 Å². The van der Waals surface area contributed by atoms with Gasteiger partial charge in [0.1, 0.15) is 5.69 Å². The fourth-order valence-corrected chi connectivity index (χ4v) is 3.33. The molecule has 2 amide bonds. The number of carbonyl (C=O) groups excluding carboxylic acids is 2. The maximum Gasteiger partial charge on any atom is 0.287 e. The van der Waals surface area contributed by atoms with E-state index in [0.717, 1.165) is 57.4 Å². The first-order valence-electron chi connectivity index (χ1n) is 8.75. The van der Waals surface area contributed by atoms with E-state index < -0.39 is 0 Å². The Morgan fingerprint density at radius 3 is 2.52 bits per heavy atom. The molecule has 0 saturated carbocycles. The van der Waals surface area contributed by atoms with Crippen LogP contribution in [0.5, 0.6) is 0 Å². The third-order valence-electron chi connectivity index (χ3n) is 4.59. The van der Waals surface area contributed by atoms with E-state index in [-0.39, 0.29) is 11.8 Å². The van der Waals surface area contributed by atoms with Crippen LogP contribution >= 0.6 is 0 Å². The molecule has 1 aromatic rings. The van der Waals surface area contributed by atoms with Crippen LogP contribution in [0.25, 0.3) is 0 Å². The Morgan fingerprint density at radius 1 is 1.13 bits per heavy atom. The smallest absolute Gasteiger partial charge is 0.287 e. The van der Waals surface area contributed by atoms with Crippen molar-refractivity contribution in [2.45, 2.75) is 52.5 Å². The van der Waals surface area contributed by atoms with E-state index in [1.165, 1.54) is 0 Å². The second-order valence-corrected chi connectivity index (χ2v) is 6.94. The van der Waals surface area contributed by atoms with Crippen molar-refractivity contribution < 1.29 is 9.59 Å². The molecule has 2 aliphatic heterocycles. The fraction of sp³-hybridized carbons (Fsp3) is 0.706. The zero-order valence-electron chi connectivity index (χ0n) is 14.1. The summed E-state index contributed by atoms with van der Waals surface area (Å²) in [6, 6.07) is 0. The van der Waals surface area contributed by atoms with E-state index in [4.69, 9.17) is 0 Å². The molecular formula is C17H26N4O2. The highest BCUT2D eigenvalue weighted by Gasteiger charge is 2.30. The number of fused-ring (bicyclic) bond motifs is 1. The van der Waals surface area contributed by atoms with Gasteiger partial charge in [0.05, 0.1) is 5.69 Å². The van der Waals surface area contributed by atoms with E-state index in [0.29, 0.717) is 24.0 Å². The number of hydrogen-bond acceptors (Lipinski definition) is 3. The van der Waals surface area contributed by atoms with Gasteiger partial charge in [0.15, 0.2) is 5.82 Å². The molecule has 0 radical (unpaired) electrons. The quantitative estimate of drug-likeness (QED) is 0.921. The molecule has 0 atom stereocenters. The maximum absolute atomic E-state index is 12.7. The number of imidazole rings is 1. The fourth-order valence-electron chi connectivity index (χ4n) is 3.33. The van der Waals surface area contributed by atoms with Crippen LogP contribution in [0, 0.1) is 5.92 Å². The Kier molecular flexibility index (Phi) is 4.68. The van der Waals surface area contributed by atoms with Crippen LogP contribution in [0.1, 0.15) is 66.3 Å². The minimum Gasteiger partial charge on any atom is -0.349 e. The topological polar surface area (TPSA) is 67.2 Å². The molecule has 0 bridgehead atoms. The molecule has 2 aliphatic rings. The van der Waals surface area contributed by atoms with Gasteiger partial charge in [-0.1, -0.05) is 13.8 Å². The summed E-state index contributed by atoms with van der Waals surface area (Å²) in [5.41, 5.74) is 1.45. The summed E-state index contributed by atoms with van der Waals surface area (Å²) >= 11 is 0. The SMILES string of the molecule is CC(C)CNC(=O)c1nc(C(=O)N2CCCC2)c2n1CCCC2. The van der Waals surface area contributed by atoms with Crippen molar-refractivity contribution in [1.29, 1.82) is 0 Å². The van der Waals surface area contributed by atoms with Gasteiger partial charge in [-0.25, -0.2) is 4.98 Å². The van der Waals surface area contributed by atoms with Gasteiger partial charge in [-0.2, -0.15) is 0 Å². The molecule has 1 aromatic heterocycles. The Labute approximate surface area is 137 Å². The summed E-state index contributed by atoms with van der Waals surface area (Å²) in [5, 5.41) is 2.92. The predicted molar refractivity (Wildman–Crippen MR) is 87.5 cm³/mol. The highest BCUT2D eigenvalue weighted by Crippen LogP contribution is 2.23. The molecule has 23 heavy (non-hydrogen) atoms. The summed E-state index contributed by atoms with van der Waals surface area (Å²) in [7, 11) is 0. The Morgan fingerprint density at radius 2 is 1.83 bits per heavy atom. The van der Waals surface area contributed by atoms with Crippen LogP contribution in [0.15, 0.2) is 0 Å². The van der Waals surface area contributed by atoms with Gasteiger partial charge in [0, 0.05) is 26.2 Å². The van der Waals surface area contributed by atoms with Gasteiger partial charge in [-0.3, -0.25) is 9.59 Å². The predicted octanol–water partition coefficient (Wildman–Crippen LogP) is 1.84. The summed E-state index contributed by atoms with van der Waals surface area (Å²) in [4.78, 5) is 31.5. The van der Waals surface area contributed by atoms with Gasteiger partial charge in [0.2, 0.25) is 0 Å². The van der Waals surface area contributed by atoms with E-state index in [2.05, 4.69) is 24.1 Å². The molecule has 1 N–H and O–H groups in total. The standard InChI is InChI=1S/C17H26N4O2/c1-12(2)11-18-16(22)15-19-14(13-7-3-4-10-21(13)15)17(23)20-8-5-6-9-20/h12H,3-11H2,1-2H3,(H,18,22). The number of nitrogens with zero attached hydrogens (tertiary/aromatic N) is 3. The molecule has 6 nitrogen and oxygen atoms in total. The van der Waals surface area contributed by atoms with Crippen LogP contribution in [0.3, 0.4) is 0 Å². The van der Waals surface area contributed by atoms with E-state index in [1.807, 2.05) is 9.47 Å². The number of nitrogens with one attached hydrogen (secondary N) is 1. The van der Waals surface area contributed by atoms with Crippen molar-refractivity contribution >= 4 is 11.8 Å². The maximum atomic E-state index is 12.7. The van der Waals surface area contributed by atoms with Crippen LogP contribution in [0.4, 0.5) is 0 Å². The first-order valence-corrected chi connectivity index (χ1v) is 8.75. The lowest BCUT2D eigenvalue weighted by atomic mass is 10.1. The van der Waals surface area contributed by atoms with Crippen LogP contribution < -0.4 is 5.32 Å². The van der Waals surface area contributed by atoms with Gasteiger partial charge >= 0.3 is 0 Å². The van der Waals surface area contributed by atoms with Crippen molar-refractivity contribution in [2.24, 2.45) is 5.92 Å². The number of hydrogen-bond donors (Lipinski definition) is 1. The van der Waals surface area contributed by atoms with Gasteiger partial charge < -0.3 is 14.8 Å². The number of aromatic nitrogens is 2. The summed E-state index contributed by atoms with van der Waals surface area (Å²) in [5.74, 6) is 0.627. The van der Waals surface area contributed by atoms with E-state index in [1.54, 1.807) is 0 Å². The monoisotopic (exact) mass is 318 g/mol. The summed E-state index contributed by atoms with van der Waals surface area (Å²) in [6.45, 7) is 7.13. The normalized spacial score (nSPS) is 17.4.